The molecule has 0 fully saturated rings. The number of methoxy groups -OCH3 is 1. The van der Waals surface area contributed by atoms with Crippen molar-refractivity contribution in [1.29, 1.82) is 0 Å². The minimum Gasteiger partial charge on any atom is -0.495 e. The number of nitrogens with zero attached hydrogens (tertiary/aromatic N) is 1. The van der Waals surface area contributed by atoms with Crippen LogP contribution in [0.1, 0.15) is 5.56 Å². The first kappa shape index (κ1) is 15.3. The number of aryl methyl sites for hydroxylation is 1. The summed E-state index contributed by atoms with van der Waals surface area (Å²) in [5, 5.41) is 5.56. The van der Waals surface area contributed by atoms with E-state index in [4.69, 9.17) is 9.15 Å². The molecule has 4 heteroatoms. The Morgan fingerprint density at radius 1 is 0.960 bits per heavy atom. The van der Waals surface area contributed by atoms with Crippen LogP contribution in [0.3, 0.4) is 0 Å². The van der Waals surface area contributed by atoms with Crippen LogP contribution in [-0.4, -0.2) is 12.1 Å². The first-order chi connectivity index (χ1) is 12.2. The number of ether oxygens (including phenoxy) is 1. The lowest BCUT2D eigenvalue weighted by Gasteiger charge is -2.09. The number of hydrogen-bond donors (Lipinski definition) is 1. The lowest BCUT2D eigenvalue weighted by Crippen LogP contribution is -1.95. The molecule has 4 nitrogen and oxygen atoms in total. The smallest absolute Gasteiger partial charge is 0.299 e. The van der Waals surface area contributed by atoms with E-state index in [1.54, 1.807) is 13.3 Å². The fourth-order valence-electron chi connectivity index (χ4n) is 2.84. The average molecular weight is 330 g/mol. The van der Waals surface area contributed by atoms with Gasteiger partial charge in [0.05, 0.1) is 19.0 Å². The largest absolute Gasteiger partial charge is 0.495 e. The van der Waals surface area contributed by atoms with Gasteiger partial charge in [-0.3, -0.25) is 0 Å². The summed E-state index contributed by atoms with van der Waals surface area (Å²) in [5.41, 5.74) is 2.95. The second kappa shape index (κ2) is 6.32. The fourth-order valence-corrected chi connectivity index (χ4v) is 2.84. The molecule has 3 aromatic carbocycles. The van der Waals surface area contributed by atoms with E-state index in [2.05, 4.69) is 34.6 Å². The third-order valence-corrected chi connectivity index (χ3v) is 4.14. The Balaban J connectivity index is 1.64. The maximum atomic E-state index is 5.88. The van der Waals surface area contributed by atoms with Crippen LogP contribution in [0.5, 0.6) is 5.75 Å². The predicted molar refractivity (Wildman–Crippen MR) is 100 cm³/mol. The Kier molecular flexibility index (Phi) is 3.86. The van der Waals surface area contributed by atoms with E-state index in [0.29, 0.717) is 6.01 Å². The van der Waals surface area contributed by atoms with Gasteiger partial charge in [-0.15, -0.1) is 0 Å². The molecule has 0 bridgehead atoms. The Morgan fingerprint density at radius 2 is 1.80 bits per heavy atom. The monoisotopic (exact) mass is 330 g/mol. The quantitative estimate of drug-likeness (QED) is 0.532. The lowest BCUT2D eigenvalue weighted by molar-refractivity contribution is 0.416. The number of aromatic nitrogens is 1. The van der Waals surface area contributed by atoms with Gasteiger partial charge in [0.15, 0.2) is 5.76 Å². The molecule has 0 saturated heterocycles. The van der Waals surface area contributed by atoms with Gasteiger partial charge in [0.2, 0.25) is 0 Å². The topological polar surface area (TPSA) is 47.3 Å². The van der Waals surface area contributed by atoms with Gasteiger partial charge in [0.1, 0.15) is 5.75 Å². The zero-order chi connectivity index (χ0) is 17.2. The fraction of sp³-hybridized carbons (Fsp3) is 0.0952. The molecule has 4 aromatic rings. The molecule has 1 heterocycles. The van der Waals surface area contributed by atoms with Gasteiger partial charge < -0.3 is 14.5 Å². The second-order valence-electron chi connectivity index (χ2n) is 5.92. The highest BCUT2D eigenvalue weighted by atomic mass is 16.5. The number of nitrogens with one attached hydrogen (secondary N) is 1. The van der Waals surface area contributed by atoms with Crippen LogP contribution < -0.4 is 10.1 Å². The van der Waals surface area contributed by atoms with Crippen LogP contribution in [0.2, 0.25) is 0 Å². The van der Waals surface area contributed by atoms with Crippen LogP contribution in [0, 0.1) is 6.92 Å². The third kappa shape index (κ3) is 3.06. The van der Waals surface area contributed by atoms with E-state index in [-0.39, 0.29) is 0 Å². The minimum atomic E-state index is 0.437. The van der Waals surface area contributed by atoms with Crippen LogP contribution in [0.25, 0.3) is 22.1 Å². The Bertz CT molecular complexity index is 1040. The van der Waals surface area contributed by atoms with Crippen molar-refractivity contribution in [3.8, 4) is 17.1 Å². The van der Waals surface area contributed by atoms with Crippen LogP contribution in [0.4, 0.5) is 11.7 Å². The van der Waals surface area contributed by atoms with E-state index in [1.807, 2.05) is 43.3 Å². The molecule has 1 N–H and O–H groups in total. The molecule has 0 unspecified atom stereocenters. The maximum Gasteiger partial charge on any atom is 0.299 e. The minimum absolute atomic E-state index is 0.437. The first-order valence-corrected chi connectivity index (χ1v) is 8.09. The van der Waals surface area contributed by atoms with Crippen molar-refractivity contribution in [1.82, 2.24) is 4.98 Å². The number of hydrogen-bond acceptors (Lipinski definition) is 4. The third-order valence-electron chi connectivity index (χ3n) is 4.14. The van der Waals surface area contributed by atoms with E-state index >= 15 is 0 Å². The molecular formula is C21H18N2O2. The number of fused-ring (bicyclic) bond motifs is 1. The molecule has 1 aromatic heterocycles. The number of anilines is 2. The lowest BCUT2D eigenvalue weighted by atomic mass is 10.1. The van der Waals surface area contributed by atoms with E-state index in [1.165, 1.54) is 10.8 Å². The van der Waals surface area contributed by atoms with Crippen molar-refractivity contribution in [3.05, 3.63) is 72.4 Å². The molecule has 0 radical (unpaired) electrons. The summed E-state index contributed by atoms with van der Waals surface area (Å²) >= 11 is 0. The number of rotatable bonds is 4. The van der Waals surface area contributed by atoms with Gasteiger partial charge in [-0.2, -0.15) is 0 Å². The highest BCUT2D eigenvalue weighted by Crippen LogP contribution is 2.31. The van der Waals surface area contributed by atoms with Gasteiger partial charge in [-0.25, -0.2) is 4.98 Å². The van der Waals surface area contributed by atoms with Crippen LogP contribution in [-0.2, 0) is 0 Å². The van der Waals surface area contributed by atoms with Crippen molar-refractivity contribution in [3.63, 3.8) is 0 Å². The van der Waals surface area contributed by atoms with Gasteiger partial charge >= 0.3 is 0 Å². The number of benzene rings is 3. The van der Waals surface area contributed by atoms with Crippen molar-refractivity contribution in [2.24, 2.45) is 0 Å². The summed E-state index contributed by atoms with van der Waals surface area (Å²) in [6.45, 7) is 2.03. The maximum absolute atomic E-state index is 5.88. The first-order valence-electron chi connectivity index (χ1n) is 8.09. The summed E-state index contributed by atoms with van der Waals surface area (Å²) in [6.07, 6.45) is 1.73. The Morgan fingerprint density at radius 3 is 2.64 bits per heavy atom. The second-order valence-corrected chi connectivity index (χ2v) is 5.92. The Hall–Kier alpha value is -3.27. The molecule has 124 valence electrons. The summed E-state index contributed by atoms with van der Waals surface area (Å²) in [5.74, 6) is 1.47. The van der Waals surface area contributed by atoms with E-state index in [0.717, 1.165) is 28.3 Å². The molecule has 25 heavy (non-hydrogen) atoms. The van der Waals surface area contributed by atoms with Crippen LogP contribution in [0.15, 0.2) is 71.3 Å². The molecule has 0 spiro atoms. The van der Waals surface area contributed by atoms with Gasteiger partial charge in [0.25, 0.3) is 6.01 Å². The van der Waals surface area contributed by atoms with Crippen LogP contribution >= 0.6 is 0 Å². The summed E-state index contributed by atoms with van der Waals surface area (Å²) < 4.78 is 11.3. The van der Waals surface area contributed by atoms with E-state index < -0.39 is 0 Å². The number of oxazole rings is 1. The Labute approximate surface area is 146 Å². The van der Waals surface area contributed by atoms with Crippen molar-refractivity contribution in [2.45, 2.75) is 6.92 Å². The molecule has 0 aliphatic rings. The van der Waals surface area contributed by atoms with Crippen molar-refractivity contribution < 1.29 is 9.15 Å². The van der Waals surface area contributed by atoms with E-state index in [9.17, 15) is 0 Å². The van der Waals surface area contributed by atoms with Gasteiger partial charge in [-0.05, 0) is 41.5 Å². The summed E-state index contributed by atoms with van der Waals surface area (Å²) in [4.78, 5) is 4.34. The standard InChI is InChI=1S/C21H18N2O2/c1-14-7-10-19(24-2)18(11-14)23-21-22-13-20(25-21)17-9-8-15-5-3-4-6-16(15)12-17/h3-13H,1-2H3,(H,22,23). The summed E-state index contributed by atoms with van der Waals surface area (Å²) in [6, 6.07) is 20.8. The van der Waals surface area contributed by atoms with Gasteiger partial charge in [0, 0.05) is 5.56 Å². The average Bonchev–Trinajstić information content (AvgIpc) is 3.10. The van der Waals surface area contributed by atoms with Crippen molar-refractivity contribution in [2.75, 3.05) is 12.4 Å². The molecule has 0 saturated carbocycles. The molecule has 0 atom stereocenters. The molecule has 0 amide bonds. The highest BCUT2D eigenvalue weighted by Gasteiger charge is 2.10. The highest BCUT2D eigenvalue weighted by molar-refractivity contribution is 5.86. The van der Waals surface area contributed by atoms with Crippen molar-refractivity contribution >= 4 is 22.5 Å². The molecular weight excluding hydrogens is 312 g/mol. The molecule has 4 rings (SSSR count). The van der Waals surface area contributed by atoms with Gasteiger partial charge in [-0.1, -0.05) is 42.5 Å². The zero-order valence-corrected chi connectivity index (χ0v) is 14.1. The molecule has 0 aliphatic carbocycles. The zero-order valence-electron chi connectivity index (χ0n) is 14.1. The normalized spacial score (nSPS) is 10.8. The predicted octanol–water partition coefficient (Wildman–Crippen LogP) is 5.56. The SMILES string of the molecule is COc1ccc(C)cc1Nc1ncc(-c2ccc3ccccc3c2)o1. The summed E-state index contributed by atoms with van der Waals surface area (Å²) in [7, 11) is 1.64. The molecule has 0 aliphatic heterocycles.